The number of carbonyl (C=O) groups excluding carboxylic acids is 1. The van der Waals surface area contributed by atoms with E-state index in [0.29, 0.717) is 6.42 Å². The molecule has 0 unspecified atom stereocenters. The Bertz CT molecular complexity index is 960. The molecule has 0 saturated heterocycles. The second-order valence-electron chi connectivity index (χ2n) is 9.28. The summed E-state index contributed by atoms with van der Waals surface area (Å²) in [4.78, 5) is 11.8. The molecule has 0 aliphatic heterocycles. The van der Waals surface area contributed by atoms with Gasteiger partial charge in [0, 0.05) is 12.0 Å². The van der Waals surface area contributed by atoms with Crippen LogP contribution in [0.15, 0.2) is 42.0 Å². The Kier molecular flexibility index (Phi) is 4.06. The minimum atomic E-state index is -0.231. The fourth-order valence-electron chi connectivity index (χ4n) is 4.54. The summed E-state index contributed by atoms with van der Waals surface area (Å²) in [5, 5.41) is 0. The molecule has 0 N–H and O–H groups in total. The number of carbonyl (C=O) groups is 1. The van der Waals surface area contributed by atoms with E-state index in [2.05, 4.69) is 64.1 Å². The van der Waals surface area contributed by atoms with Crippen LogP contribution in [-0.4, -0.2) is 13.1 Å². The van der Waals surface area contributed by atoms with Gasteiger partial charge in [0.2, 0.25) is 0 Å². The Morgan fingerprint density at radius 2 is 1.52 bits per heavy atom. The zero-order chi connectivity index (χ0) is 19.4. The molecule has 4 rings (SSSR count). The number of esters is 1. The van der Waals surface area contributed by atoms with E-state index in [1.165, 1.54) is 47.8 Å². The lowest BCUT2D eigenvalue weighted by Crippen LogP contribution is -2.33. The Hall–Kier alpha value is -2.35. The lowest BCUT2D eigenvalue weighted by Gasteiger charge is -2.42. The van der Waals surface area contributed by atoms with Crippen LogP contribution >= 0.6 is 0 Å². The second-order valence-corrected chi connectivity index (χ2v) is 9.28. The summed E-state index contributed by atoms with van der Waals surface area (Å²) >= 11 is 0. The Balaban J connectivity index is 1.76. The van der Waals surface area contributed by atoms with E-state index in [9.17, 15) is 4.79 Å². The van der Waals surface area contributed by atoms with Gasteiger partial charge >= 0.3 is 5.97 Å². The molecule has 0 fully saturated rings. The van der Waals surface area contributed by atoms with Crippen LogP contribution in [0.5, 0.6) is 0 Å². The fourth-order valence-corrected chi connectivity index (χ4v) is 4.54. The third kappa shape index (κ3) is 3.01. The van der Waals surface area contributed by atoms with E-state index in [1.54, 1.807) is 0 Å². The van der Waals surface area contributed by atoms with Gasteiger partial charge in [-0.15, -0.1) is 0 Å². The lowest BCUT2D eigenvalue weighted by molar-refractivity contribution is -0.136. The maximum Gasteiger partial charge on any atom is 0.334 e. The topological polar surface area (TPSA) is 26.3 Å². The molecule has 0 bridgehead atoms. The molecule has 2 aliphatic carbocycles. The van der Waals surface area contributed by atoms with Gasteiger partial charge in [-0.1, -0.05) is 58.0 Å². The van der Waals surface area contributed by atoms with Gasteiger partial charge in [-0.2, -0.15) is 0 Å². The predicted octanol–water partition coefficient (Wildman–Crippen LogP) is 5.82. The molecule has 2 aromatic carbocycles. The van der Waals surface area contributed by atoms with E-state index in [4.69, 9.17) is 4.74 Å². The maximum absolute atomic E-state index is 11.8. The number of fused-ring (bicyclic) bond motifs is 2. The summed E-state index contributed by atoms with van der Waals surface area (Å²) in [6.07, 6.45) is 5.07. The van der Waals surface area contributed by atoms with Crippen molar-refractivity contribution in [2.45, 2.75) is 57.8 Å². The van der Waals surface area contributed by atoms with Gasteiger partial charge in [0.15, 0.2) is 0 Å². The summed E-state index contributed by atoms with van der Waals surface area (Å²) in [5.74, 6) is -0.231. The van der Waals surface area contributed by atoms with Gasteiger partial charge in [-0.05, 0) is 69.2 Å². The van der Waals surface area contributed by atoms with Crippen LogP contribution in [0.1, 0.15) is 62.8 Å². The zero-order valence-electron chi connectivity index (χ0n) is 17.0. The number of ether oxygens (including phenoxy) is 1. The van der Waals surface area contributed by atoms with Gasteiger partial charge in [0.1, 0.15) is 0 Å². The molecule has 0 amide bonds. The number of rotatable bonds is 2. The van der Waals surface area contributed by atoms with Crippen molar-refractivity contribution in [2.75, 3.05) is 7.11 Å². The molecular weight excluding hydrogens is 332 g/mol. The maximum atomic E-state index is 11.8. The molecule has 0 aromatic heterocycles. The highest BCUT2D eigenvalue weighted by Gasteiger charge is 2.37. The van der Waals surface area contributed by atoms with Crippen LogP contribution in [0.3, 0.4) is 0 Å². The van der Waals surface area contributed by atoms with Crippen LogP contribution in [0.25, 0.3) is 17.2 Å². The van der Waals surface area contributed by atoms with Gasteiger partial charge < -0.3 is 4.74 Å². The zero-order valence-corrected chi connectivity index (χ0v) is 17.0. The Morgan fingerprint density at radius 1 is 0.889 bits per heavy atom. The van der Waals surface area contributed by atoms with Crippen LogP contribution in [-0.2, 0) is 26.8 Å². The van der Waals surface area contributed by atoms with Gasteiger partial charge in [0.25, 0.3) is 0 Å². The minimum absolute atomic E-state index is 0.204. The number of benzene rings is 2. The van der Waals surface area contributed by atoms with Crippen LogP contribution in [0, 0.1) is 0 Å². The summed E-state index contributed by atoms with van der Waals surface area (Å²) in [6.45, 7) is 9.43. The first-order valence-corrected chi connectivity index (χ1v) is 9.78. The van der Waals surface area contributed by atoms with Crippen molar-refractivity contribution in [3.63, 3.8) is 0 Å². The molecule has 140 valence electrons. The van der Waals surface area contributed by atoms with E-state index < -0.39 is 0 Å². The number of methoxy groups -OCH3 is 1. The second kappa shape index (κ2) is 6.09. The van der Waals surface area contributed by atoms with Crippen molar-refractivity contribution < 1.29 is 9.53 Å². The smallest absolute Gasteiger partial charge is 0.334 e. The van der Waals surface area contributed by atoms with Crippen LogP contribution in [0.2, 0.25) is 0 Å². The SMILES string of the molecule is COC(=O)C1=Cc2cc(-c3ccc4c(c3)C(C)(C)CCC4(C)C)ccc2C1. The monoisotopic (exact) mass is 360 g/mol. The number of hydrogen-bond donors (Lipinski definition) is 0. The van der Waals surface area contributed by atoms with Crippen molar-refractivity contribution in [3.8, 4) is 11.1 Å². The lowest BCUT2D eigenvalue weighted by atomic mass is 9.63. The van der Waals surface area contributed by atoms with Crippen molar-refractivity contribution in [2.24, 2.45) is 0 Å². The predicted molar refractivity (Wildman–Crippen MR) is 111 cm³/mol. The van der Waals surface area contributed by atoms with E-state index in [0.717, 1.165) is 11.1 Å². The molecule has 0 heterocycles. The van der Waals surface area contributed by atoms with Crippen molar-refractivity contribution in [1.29, 1.82) is 0 Å². The van der Waals surface area contributed by atoms with Crippen molar-refractivity contribution in [1.82, 2.24) is 0 Å². The minimum Gasteiger partial charge on any atom is -0.466 e. The van der Waals surface area contributed by atoms with E-state index >= 15 is 0 Å². The molecule has 27 heavy (non-hydrogen) atoms. The van der Waals surface area contributed by atoms with Crippen molar-refractivity contribution in [3.05, 3.63) is 64.2 Å². The summed E-state index contributed by atoms with van der Waals surface area (Å²) in [5.41, 5.74) is 8.91. The normalized spacial score (nSPS) is 19.1. The third-order valence-corrected chi connectivity index (χ3v) is 6.49. The summed E-state index contributed by atoms with van der Waals surface area (Å²) in [6, 6.07) is 13.5. The molecule has 2 heteroatoms. The summed E-state index contributed by atoms with van der Waals surface area (Å²) in [7, 11) is 1.44. The van der Waals surface area contributed by atoms with Crippen molar-refractivity contribution >= 4 is 12.0 Å². The van der Waals surface area contributed by atoms with Gasteiger partial charge in [-0.3, -0.25) is 0 Å². The highest BCUT2D eigenvalue weighted by atomic mass is 16.5. The average Bonchev–Trinajstić information content (AvgIpc) is 3.08. The molecular formula is C25H28O2. The van der Waals surface area contributed by atoms with E-state index in [-0.39, 0.29) is 16.8 Å². The van der Waals surface area contributed by atoms with E-state index in [1.807, 2.05) is 6.08 Å². The molecule has 2 aliphatic rings. The van der Waals surface area contributed by atoms with Crippen LogP contribution < -0.4 is 0 Å². The highest BCUT2D eigenvalue weighted by Crippen LogP contribution is 2.47. The number of hydrogen-bond acceptors (Lipinski definition) is 2. The third-order valence-electron chi connectivity index (χ3n) is 6.49. The first kappa shape index (κ1) is 18.0. The first-order chi connectivity index (χ1) is 12.7. The molecule has 0 saturated carbocycles. The standard InChI is InChI=1S/C25H28O2/c1-24(2)10-11-25(3,4)22-15-18(8-9-21(22)24)16-6-7-17-13-20(23(26)27-5)14-19(17)12-16/h6-9,12,14-15H,10-11,13H2,1-5H3. The molecule has 0 radical (unpaired) electrons. The Labute approximate surface area is 162 Å². The highest BCUT2D eigenvalue weighted by molar-refractivity contribution is 5.97. The fraction of sp³-hybridized carbons (Fsp3) is 0.400. The van der Waals surface area contributed by atoms with Gasteiger partial charge in [-0.25, -0.2) is 4.79 Å². The molecule has 2 aromatic rings. The largest absolute Gasteiger partial charge is 0.466 e. The van der Waals surface area contributed by atoms with Crippen LogP contribution in [0.4, 0.5) is 0 Å². The first-order valence-electron chi connectivity index (χ1n) is 9.78. The molecule has 0 spiro atoms. The quantitative estimate of drug-likeness (QED) is 0.631. The average molecular weight is 360 g/mol. The van der Waals surface area contributed by atoms with Gasteiger partial charge in [0.05, 0.1) is 7.11 Å². The molecule has 2 nitrogen and oxygen atoms in total. The molecule has 0 atom stereocenters. The Morgan fingerprint density at radius 3 is 2.22 bits per heavy atom. The summed E-state index contributed by atoms with van der Waals surface area (Å²) < 4.78 is 4.88.